The summed E-state index contributed by atoms with van der Waals surface area (Å²) in [5.74, 6) is -0.399. The summed E-state index contributed by atoms with van der Waals surface area (Å²) in [6.07, 6.45) is 3.19. The Morgan fingerprint density at radius 2 is 2.29 bits per heavy atom. The average molecular weight is 236 g/mol. The van der Waals surface area contributed by atoms with Crippen LogP contribution >= 0.6 is 0 Å². The number of primary amides is 1. The van der Waals surface area contributed by atoms with E-state index >= 15 is 0 Å². The molecule has 1 aliphatic carbocycles. The standard InChI is InChI=1S/C12H20N4O/c1-8-6-9(2)16(15-8)10-4-3-5-12(14,7-10)11(13)17/h6,10H,3-5,7,14H2,1-2H3,(H2,13,17). The quantitative estimate of drug-likeness (QED) is 0.796. The van der Waals surface area contributed by atoms with Gasteiger partial charge in [0.15, 0.2) is 0 Å². The number of rotatable bonds is 2. The van der Waals surface area contributed by atoms with Crippen LogP contribution in [0.5, 0.6) is 0 Å². The van der Waals surface area contributed by atoms with Gasteiger partial charge >= 0.3 is 0 Å². The van der Waals surface area contributed by atoms with E-state index in [0.29, 0.717) is 12.8 Å². The summed E-state index contributed by atoms with van der Waals surface area (Å²) in [5, 5.41) is 4.47. The summed E-state index contributed by atoms with van der Waals surface area (Å²) in [6, 6.07) is 2.23. The minimum Gasteiger partial charge on any atom is -0.368 e. The van der Waals surface area contributed by atoms with E-state index in [-0.39, 0.29) is 6.04 Å². The number of amides is 1. The molecule has 17 heavy (non-hydrogen) atoms. The third-order valence-corrected chi connectivity index (χ3v) is 3.64. The molecule has 1 amide bonds. The molecule has 1 aromatic heterocycles. The zero-order chi connectivity index (χ0) is 12.6. The molecule has 2 atom stereocenters. The van der Waals surface area contributed by atoms with Crippen molar-refractivity contribution in [1.29, 1.82) is 0 Å². The Balaban J connectivity index is 2.23. The van der Waals surface area contributed by atoms with Gasteiger partial charge in [0.1, 0.15) is 0 Å². The van der Waals surface area contributed by atoms with Crippen molar-refractivity contribution in [1.82, 2.24) is 9.78 Å². The molecule has 5 heteroatoms. The lowest BCUT2D eigenvalue weighted by molar-refractivity contribution is -0.124. The second-order valence-corrected chi connectivity index (χ2v) is 5.14. The van der Waals surface area contributed by atoms with E-state index in [0.717, 1.165) is 24.2 Å². The fourth-order valence-corrected chi connectivity index (χ4v) is 2.73. The molecule has 0 radical (unpaired) electrons. The minimum atomic E-state index is -0.866. The summed E-state index contributed by atoms with van der Waals surface area (Å²) in [4.78, 5) is 11.4. The van der Waals surface area contributed by atoms with E-state index in [9.17, 15) is 4.79 Å². The number of carbonyl (C=O) groups is 1. The van der Waals surface area contributed by atoms with Gasteiger partial charge < -0.3 is 11.5 Å². The van der Waals surface area contributed by atoms with E-state index in [2.05, 4.69) is 5.10 Å². The van der Waals surface area contributed by atoms with Crippen molar-refractivity contribution < 1.29 is 4.79 Å². The monoisotopic (exact) mass is 236 g/mol. The van der Waals surface area contributed by atoms with Crippen molar-refractivity contribution in [2.24, 2.45) is 11.5 Å². The Morgan fingerprint density at radius 1 is 1.59 bits per heavy atom. The molecule has 1 heterocycles. The van der Waals surface area contributed by atoms with Crippen LogP contribution in [0, 0.1) is 13.8 Å². The second-order valence-electron chi connectivity index (χ2n) is 5.14. The first-order valence-electron chi connectivity index (χ1n) is 6.04. The van der Waals surface area contributed by atoms with Gasteiger partial charge in [-0.3, -0.25) is 9.48 Å². The third kappa shape index (κ3) is 2.20. The molecule has 2 rings (SSSR count). The van der Waals surface area contributed by atoms with Crippen LogP contribution in [0.1, 0.15) is 43.1 Å². The van der Waals surface area contributed by atoms with E-state index in [1.54, 1.807) is 0 Å². The van der Waals surface area contributed by atoms with Gasteiger partial charge in [-0.2, -0.15) is 5.10 Å². The lowest BCUT2D eigenvalue weighted by atomic mass is 9.79. The van der Waals surface area contributed by atoms with Crippen LogP contribution in [0.3, 0.4) is 0 Å². The molecule has 0 spiro atoms. The molecule has 5 nitrogen and oxygen atoms in total. The van der Waals surface area contributed by atoms with Crippen molar-refractivity contribution in [3.8, 4) is 0 Å². The number of nitrogens with two attached hydrogens (primary N) is 2. The number of hydrogen-bond acceptors (Lipinski definition) is 3. The second kappa shape index (κ2) is 4.14. The molecule has 94 valence electrons. The SMILES string of the molecule is Cc1cc(C)n(C2CCCC(N)(C(N)=O)C2)n1. The zero-order valence-electron chi connectivity index (χ0n) is 10.4. The largest absolute Gasteiger partial charge is 0.368 e. The normalized spacial score (nSPS) is 29.2. The number of aryl methyl sites for hydroxylation is 2. The molecule has 1 aliphatic rings. The van der Waals surface area contributed by atoms with E-state index in [1.165, 1.54) is 0 Å². The molecule has 0 saturated heterocycles. The molecule has 2 unspecified atom stereocenters. The maximum atomic E-state index is 11.4. The topological polar surface area (TPSA) is 86.9 Å². The van der Waals surface area contributed by atoms with Crippen LogP contribution in [0.4, 0.5) is 0 Å². The maximum Gasteiger partial charge on any atom is 0.237 e. The van der Waals surface area contributed by atoms with Crippen molar-refractivity contribution in [2.45, 2.75) is 51.1 Å². The Hall–Kier alpha value is -1.36. The summed E-state index contributed by atoms with van der Waals surface area (Å²) in [5.41, 5.74) is 12.7. The van der Waals surface area contributed by atoms with E-state index < -0.39 is 11.4 Å². The Bertz CT molecular complexity index is 440. The maximum absolute atomic E-state index is 11.4. The van der Waals surface area contributed by atoms with Gasteiger partial charge in [-0.15, -0.1) is 0 Å². The van der Waals surface area contributed by atoms with Crippen molar-refractivity contribution in [3.05, 3.63) is 17.5 Å². The predicted octanol–water partition coefficient (Wildman–Crippen LogP) is 0.798. The highest BCUT2D eigenvalue weighted by atomic mass is 16.1. The van der Waals surface area contributed by atoms with Gasteiger partial charge in [-0.25, -0.2) is 0 Å². The highest BCUT2D eigenvalue weighted by Crippen LogP contribution is 2.34. The summed E-state index contributed by atoms with van der Waals surface area (Å²) >= 11 is 0. The fraction of sp³-hybridized carbons (Fsp3) is 0.667. The van der Waals surface area contributed by atoms with Crippen LogP contribution < -0.4 is 11.5 Å². The number of hydrogen-bond donors (Lipinski definition) is 2. The zero-order valence-corrected chi connectivity index (χ0v) is 10.4. The van der Waals surface area contributed by atoms with Gasteiger partial charge in [-0.05, 0) is 45.6 Å². The van der Waals surface area contributed by atoms with Crippen molar-refractivity contribution in [2.75, 3.05) is 0 Å². The molecular formula is C12H20N4O. The Labute approximate surface area is 101 Å². The van der Waals surface area contributed by atoms with Crippen LogP contribution in [0.15, 0.2) is 6.07 Å². The van der Waals surface area contributed by atoms with Crippen LogP contribution in [-0.4, -0.2) is 21.2 Å². The van der Waals surface area contributed by atoms with Crippen LogP contribution in [-0.2, 0) is 4.79 Å². The first-order valence-corrected chi connectivity index (χ1v) is 6.04. The first-order chi connectivity index (χ1) is 7.92. The molecule has 0 aliphatic heterocycles. The molecular weight excluding hydrogens is 216 g/mol. The lowest BCUT2D eigenvalue weighted by Gasteiger charge is -2.35. The van der Waals surface area contributed by atoms with Gasteiger partial charge in [0.25, 0.3) is 0 Å². The smallest absolute Gasteiger partial charge is 0.237 e. The molecule has 4 N–H and O–H groups in total. The third-order valence-electron chi connectivity index (χ3n) is 3.64. The summed E-state index contributed by atoms with van der Waals surface area (Å²) in [6.45, 7) is 3.99. The average Bonchev–Trinajstić information content (AvgIpc) is 2.58. The predicted molar refractivity (Wildman–Crippen MR) is 65.3 cm³/mol. The number of aromatic nitrogens is 2. The van der Waals surface area contributed by atoms with Gasteiger partial charge in [0.05, 0.1) is 17.3 Å². The van der Waals surface area contributed by atoms with Crippen LogP contribution in [0.25, 0.3) is 0 Å². The summed E-state index contributed by atoms with van der Waals surface area (Å²) < 4.78 is 1.99. The van der Waals surface area contributed by atoms with Crippen molar-refractivity contribution in [3.63, 3.8) is 0 Å². The molecule has 1 aromatic rings. The highest BCUT2D eigenvalue weighted by Gasteiger charge is 2.38. The van der Waals surface area contributed by atoms with E-state index in [4.69, 9.17) is 11.5 Å². The fourth-order valence-electron chi connectivity index (χ4n) is 2.73. The van der Waals surface area contributed by atoms with E-state index in [1.807, 2.05) is 24.6 Å². The molecule has 0 bridgehead atoms. The Kier molecular flexibility index (Phi) is 2.95. The van der Waals surface area contributed by atoms with Gasteiger partial charge in [0.2, 0.25) is 5.91 Å². The highest BCUT2D eigenvalue weighted by molar-refractivity contribution is 5.84. The van der Waals surface area contributed by atoms with Crippen LogP contribution in [0.2, 0.25) is 0 Å². The lowest BCUT2D eigenvalue weighted by Crippen LogP contribution is -2.55. The van der Waals surface area contributed by atoms with Gasteiger partial charge in [-0.1, -0.05) is 0 Å². The first kappa shape index (κ1) is 12.1. The minimum absolute atomic E-state index is 0.190. The molecule has 1 saturated carbocycles. The van der Waals surface area contributed by atoms with Gasteiger partial charge in [0, 0.05) is 5.69 Å². The molecule has 0 aromatic carbocycles. The van der Waals surface area contributed by atoms with Crippen molar-refractivity contribution >= 4 is 5.91 Å². The Morgan fingerprint density at radius 3 is 2.82 bits per heavy atom. The molecule has 1 fully saturated rings. The number of carbonyl (C=O) groups excluding carboxylic acids is 1. The number of nitrogens with zero attached hydrogens (tertiary/aromatic N) is 2. The summed E-state index contributed by atoms with van der Waals surface area (Å²) in [7, 11) is 0.